The molecule has 1 fully saturated rings. The Kier molecular flexibility index (Phi) is 5.19. The molecule has 0 radical (unpaired) electrons. The number of benzene rings is 2. The van der Waals surface area contributed by atoms with E-state index < -0.39 is 5.76 Å². The quantitative estimate of drug-likeness (QED) is 0.644. The van der Waals surface area contributed by atoms with Gasteiger partial charge in [0.15, 0.2) is 11.5 Å². The number of amides is 1. The highest BCUT2D eigenvalue weighted by Crippen LogP contribution is 2.38. The molecule has 31 heavy (non-hydrogen) atoms. The third-order valence-corrected chi connectivity index (χ3v) is 5.64. The molecule has 8 heteroatoms. The molecule has 0 unspecified atom stereocenters. The molecule has 1 amide bonds. The fourth-order valence-electron chi connectivity index (χ4n) is 4.12. The van der Waals surface area contributed by atoms with Crippen LogP contribution in [0.25, 0.3) is 11.5 Å². The van der Waals surface area contributed by atoms with Crippen LogP contribution in [0.2, 0.25) is 0 Å². The fraction of sp³-hybridized carbons (Fsp3) is 0.348. The summed E-state index contributed by atoms with van der Waals surface area (Å²) in [6.45, 7) is 1.73. The monoisotopic (exact) mass is 421 g/mol. The van der Waals surface area contributed by atoms with Crippen molar-refractivity contribution in [2.24, 2.45) is 0 Å². The first-order chi connectivity index (χ1) is 15.2. The molecule has 160 valence electrons. The lowest BCUT2D eigenvalue weighted by Gasteiger charge is -2.25. The number of carbonyl (C=O) groups is 1. The summed E-state index contributed by atoms with van der Waals surface area (Å²) in [7, 11) is 0. The van der Waals surface area contributed by atoms with Gasteiger partial charge in [-0.3, -0.25) is 4.79 Å². The molecule has 1 aromatic heterocycles. The second kappa shape index (κ2) is 8.29. The maximum absolute atomic E-state index is 13.1. The van der Waals surface area contributed by atoms with E-state index in [2.05, 4.69) is 5.10 Å². The van der Waals surface area contributed by atoms with Crippen molar-refractivity contribution in [1.82, 2.24) is 14.7 Å². The largest absolute Gasteiger partial charge is 0.490 e. The molecular weight excluding hydrogens is 398 g/mol. The molecule has 5 rings (SSSR count). The molecule has 0 saturated carbocycles. The van der Waals surface area contributed by atoms with Crippen LogP contribution >= 0.6 is 0 Å². The zero-order valence-corrected chi connectivity index (χ0v) is 17.0. The summed E-state index contributed by atoms with van der Waals surface area (Å²) in [6, 6.07) is 14.9. The maximum atomic E-state index is 13.1. The first-order valence-electron chi connectivity index (χ1n) is 10.5. The predicted octanol–water partition coefficient (Wildman–Crippen LogP) is 3.03. The van der Waals surface area contributed by atoms with E-state index in [1.807, 2.05) is 41.3 Å². The van der Waals surface area contributed by atoms with Crippen molar-refractivity contribution in [2.75, 3.05) is 19.8 Å². The Hall–Kier alpha value is -3.55. The number of carbonyl (C=O) groups excluding carboxylic acids is 1. The third-order valence-electron chi connectivity index (χ3n) is 5.64. The van der Waals surface area contributed by atoms with Crippen LogP contribution < -0.4 is 15.2 Å². The lowest BCUT2D eigenvalue weighted by molar-refractivity contribution is -0.133. The van der Waals surface area contributed by atoms with E-state index in [1.165, 1.54) is 0 Å². The van der Waals surface area contributed by atoms with Gasteiger partial charge in [0.2, 0.25) is 11.8 Å². The van der Waals surface area contributed by atoms with Crippen LogP contribution in [0.5, 0.6) is 11.5 Å². The van der Waals surface area contributed by atoms with Crippen molar-refractivity contribution in [3.63, 3.8) is 0 Å². The van der Waals surface area contributed by atoms with E-state index >= 15 is 0 Å². The van der Waals surface area contributed by atoms with Crippen molar-refractivity contribution >= 4 is 5.91 Å². The minimum atomic E-state index is -0.640. The van der Waals surface area contributed by atoms with Crippen molar-refractivity contribution in [2.45, 2.75) is 31.8 Å². The average Bonchev–Trinajstić information content (AvgIpc) is 3.35. The van der Waals surface area contributed by atoms with Gasteiger partial charge in [-0.25, -0.2) is 4.79 Å². The predicted molar refractivity (Wildman–Crippen MR) is 112 cm³/mol. The van der Waals surface area contributed by atoms with Crippen molar-refractivity contribution in [3.8, 4) is 23.0 Å². The summed E-state index contributed by atoms with van der Waals surface area (Å²) in [4.78, 5) is 27.1. The summed E-state index contributed by atoms with van der Waals surface area (Å²) >= 11 is 0. The lowest BCUT2D eigenvalue weighted by atomic mass is 10.0. The summed E-state index contributed by atoms with van der Waals surface area (Å²) in [5, 5.41) is 4.21. The van der Waals surface area contributed by atoms with Gasteiger partial charge >= 0.3 is 5.76 Å². The molecule has 0 bridgehead atoms. The molecule has 2 aromatic carbocycles. The SMILES string of the molecule is O=C(Cn1nc(-c2ccccc2)oc1=O)N1CCC[C@@H]1c1ccc2c(c1)OCCCO2. The Morgan fingerprint density at radius 1 is 1.03 bits per heavy atom. The van der Waals surface area contributed by atoms with E-state index in [4.69, 9.17) is 13.9 Å². The van der Waals surface area contributed by atoms with Gasteiger partial charge in [-0.15, -0.1) is 5.10 Å². The number of likely N-dealkylation sites (tertiary alicyclic amines) is 1. The first kappa shape index (κ1) is 19.4. The fourth-order valence-corrected chi connectivity index (χ4v) is 4.12. The molecular formula is C23H23N3O5. The standard InChI is InChI=1S/C23H23N3O5/c27-21(15-26-23(28)31-22(24-26)16-6-2-1-3-7-16)25-11-4-8-18(25)17-9-10-19-20(14-17)30-13-5-12-29-19/h1-3,6-7,9-10,14,18H,4-5,8,11-13,15H2/t18-/m1/s1. The second-order valence-corrected chi connectivity index (χ2v) is 7.70. The van der Waals surface area contributed by atoms with Gasteiger partial charge in [0.05, 0.1) is 19.3 Å². The van der Waals surface area contributed by atoms with Gasteiger partial charge in [-0.2, -0.15) is 4.68 Å². The van der Waals surface area contributed by atoms with Gasteiger partial charge in [0, 0.05) is 18.5 Å². The Bertz CT molecular complexity index is 1140. The Morgan fingerprint density at radius 2 is 1.84 bits per heavy atom. The molecule has 3 heterocycles. The highest BCUT2D eigenvalue weighted by atomic mass is 16.5. The number of hydrogen-bond acceptors (Lipinski definition) is 6. The normalized spacial score (nSPS) is 18.1. The van der Waals surface area contributed by atoms with Crippen LogP contribution in [0.4, 0.5) is 0 Å². The smallest absolute Gasteiger partial charge is 0.437 e. The minimum absolute atomic E-state index is 0.0687. The molecule has 0 aliphatic carbocycles. The van der Waals surface area contributed by atoms with Crippen molar-refractivity contribution in [1.29, 1.82) is 0 Å². The molecule has 0 spiro atoms. The summed E-state index contributed by atoms with van der Waals surface area (Å²) in [5.74, 6) is 0.858. The van der Waals surface area contributed by atoms with Gasteiger partial charge < -0.3 is 18.8 Å². The van der Waals surface area contributed by atoms with E-state index in [1.54, 1.807) is 12.1 Å². The van der Waals surface area contributed by atoms with Gasteiger partial charge in [0.1, 0.15) is 6.54 Å². The molecule has 2 aliphatic heterocycles. The van der Waals surface area contributed by atoms with Gasteiger partial charge in [0.25, 0.3) is 0 Å². The Labute approximate surface area is 179 Å². The van der Waals surface area contributed by atoms with Crippen molar-refractivity contribution < 1.29 is 18.7 Å². The number of ether oxygens (including phenoxy) is 2. The Morgan fingerprint density at radius 3 is 2.68 bits per heavy atom. The zero-order chi connectivity index (χ0) is 21.2. The van der Waals surface area contributed by atoms with E-state index in [-0.39, 0.29) is 24.4 Å². The van der Waals surface area contributed by atoms with E-state index in [0.29, 0.717) is 25.3 Å². The molecule has 3 aromatic rings. The third kappa shape index (κ3) is 3.93. The van der Waals surface area contributed by atoms with Crippen LogP contribution in [-0.4, -0.2) is 40.3 Å². The van der Waals surface area contributed by atoms with Crippen molar-refractivity contribution in [3.05, 3.63) is 64.6 Å². The molecule has 8 nitrogen and oxygen atoms in total. The van der Waals surface area contributed by atoms with Crippen LogP contribution in [0.3, 0.4) is 0 Å². The van der Waals surface area contributed by atoms with Crippen LogP contribution in [0, 0.1) is 0 Å². The van der Waals surface area contributed by atoms with Crippen LogP contribution in [-0.2, 0) is 11.3 Å². The lowest BCUT2D eigenvalue weighted by Crippen LogP contribution is -2.35. The molecule has 0 N–H and O–H groups in total. The Balaban J connectivity index is 1.35. The number of hydrogen-bond donors (Lipinski definition) is 0. The van der Waals surface area contributed by atoms with Crippen LogP contribution in [0.15, 0.2) is 57.7 Å². The van der Waals surface area contributed by atoms with E-state index in [9.17, 15) is 9.59 Å². The number of nitrogens with zero attached hydrogens (tertiary/aromatic N) is 3. The molecule has 2 aliphatic rings. The minimum Gasteiger partial charge on any atom is -0.490 e. The van der Waals surface area contributed by atoms with Gasteiger partial charge in [-0.05, 0) is 42.7 Å². The molecule has 1 atom stereocenters. The first-order valence-corrected chi connectivity index (χ1v) is 10.5. The zero-order valence-electron chi connectivity index (χ0n) is 17.0. The number of rotatable bonds is 4. The van der Waals surface area contributed by atoms with E-state index in [0.717, 1.165) is 41.0 Å². The summed E-state index contributed by atoms with van der Waals surface area (Å²) in [5.41, 5.74) is 1.70. The number of aromatic nitrogens is 2. The average molecular weight is 421 g/mol. The summed E-state index contributed by atoms with van der Waals surface area (Å²) in [6.07, 6.45) is 2.59. The summed E-state index contributed by atoms with van der Waals surface area (Å²) < 4.78 is 17.8. The van der Waals surface area contributed by atoms with Gasteiger partial charge in [-0.1, -0.05) is 24.3 Å². The molecule has 1 saturated heterocycles. The number of fused-ring (bicyclic) bond motifs is 1. The second-order valence-electron chi connectivity index (χ2n) is 7.70. The maximum Gasteiger partial charge on any atom is 0.437 e. The highest BCUT2D eigenvalue weighted by molar-refractivity contribution is 5.77. The highest BCUT2D eigenvalue weighted by Gasteiger charge is 2.31. The van der Waals surface area contributed by atoms with Crippen LogP contribution in [0.1, 0.15) is 30.9 Å². The topological polar surface area (TPSA) is 86.8 Å².